The molecule has 0 saturated carbocycles. The molecule has 1 N–H and O–H groups in total. The zero-order valence-electron chi connectivity index (χ0n) is 19.7. The standard InChI is InChI=1S/C26H32ClN3O3/c1-17-10-18(2)24(25(31)28-12-19(3)33-5)11-22(17)16-29(4)13-20-14-30(15-20)26(32)21-6-8-23(27)9-7-21/h6-11,16,19-20H,1,12-15H2,2-5H3,(H,28,31)/b22-16-. The van der Waals surface area contributed by atoms with Gasteiger partial charge in [-0.15, -0.1) is 0 Å². The fraction of sp³-hybridized carbons (Fsp3) is 0.385. The first-order valence-corrected chi connectivity index (χ1v) is 11.4. The molecule has 1 aliphatic heterocycles. The number of nitrogens with zero attached hydrogens (tertiary/aromatic N) is 2. The zero-order valence-corrected chi connectivity index (χ0v) is 20.5. The van der Waals surface area contributed by atoms with Crippen LogP contribution in [0.25, 0.3) is 12.8 Å². The smallest absolute Gasteiger partial charge is 0.253 e. The molecular formula is C26H32ClN3O3. The average molecular weight is 470 g/mol. The molecule has 0 aliphatic carbocycles. The Kier molecular flexibility index (Phi) is 8.16. The molecule has 1 heterocycles. The molecule has 0 spiro atoms. The molecule has 0 bridgehead atoms. The molecule has 7 heteroatoms. The maximum Gasteiger partial charge on any atom is 0.253 e. The number of amides is 2. The molecule has 1 fully saturated rings. The highest BCUT2D eigenvalue weighted by atomic mass is 35.5. The van der Waals surface area contributed by atoms with Gasteiger partial charge in [-0.3, -0.25) is 9.59 Å². The minimum absolute atomic E-state index is 0.0339. The van der Waals surface area contributed by atoms with Crippen LogP contribution in [0.5, 0.6) is 0 Å². The first-order chi connectivity index (χ1) is 15.7. The predicted molar refractivity (Wildman–Crippen MR) is 133 cm³/mol. The predicted octanol–water partition coefficient (Wildman–Crippen LogP) is 2.27. The van der Waals surface area contributed by atoms with Crippen molar-refractivity contribution in [2.45, 2.75) is 20.0 Å². The molecule has 0 radical (unpaired) electrons. The summed E-state index contributed by atoms with van der Waals surface area (Å²) in [5.74, 6) is 0.301. The van der Waals surface area contributed by atoms with Gasteiger partial charge in [-0.25, -0.2) is 0 Å². The fourth-order valence-corrected chi connectivity index (χ4v) is 4.01. The van der Waals surface area contributed by atoms with Gasteiger partial charge in [0.1, 0.15) is 0 Å². The topological polar surface area (TPSA) is 61.9 Å². The van der Waals surface area contributed by atoms with Crippen molar-refractivity contribution in [1.29, 1.82) is 0 Å². The number of hydrogen-bond acceptors (Lipinski definition) is 4. The van der Waals surface area contributed by atoms with Crippen LogP contribution in [0.2, 0.25) is 5.02 Å². The second kappa shape index (κ2) is 10.9. The Balaban J connectivity index is 1.61. The fourth-order valence-electron chi connectivity index (χ4n) is 3.89. The van der Waals surface area contributed by atoms with Crippen LogP contribution < -0.4 is 15.8 Å². The normalized spacial score (nSPS) is 15.2. The number of nitrogens with one attached hydrogen (secondary N) is 1. The highest BCUT2D eigenvalue weighted by Gasteiger charge is 2.31. The number of benzene rings is 2. The summed E-state index contributed by atoms with van der Waals surface area (Å²) in [5.41, 5.74) is 2.18. The summed E-state index contributed by atoms with van der Waals surface area (Å²) in [6, 6.07) is 10.8. The van der Waals surface area contributed by atoms with Crippen molar-refractivity contribution in [1.82, 2.24) is 15.1 Å². The molecule has 1 atom stereocenters. The van der Waals surface area contributed by atoms with E-state index in [2.05, 4.69) is 16.8 Å². The van der Waals surface area contributed by atoms with Crippen molar-refractivity contribution < 1.29 is 14.3 Å². The Labute approximate surface area is 200 Å². The van der Waals surface area contributed by atoms with Crippen molar-refractivity contribution in [3.8, 4) is 0 Å². The monoisotopic (exact) mass is 469 g/mol. The third kappa shape index (κ3) is 6.36. The van der Waals surface area contributed by atoms with Gasteiger partial charge in [0.15, 0.2) is 0 Å². The summed E-state index contributed by atoms with van der Waals surface area (Å²) < 4.78 is 5.20. The molecule has 2 aromatic carbocycles. The summed E-state index contributed by atoms with van der Waals surface area (Å²) >= 11 is 5.91. The Morgan fingerprint density at radius 3 is 2.61 bits per heavy atom. The minimum atomic E-state index is -0.121. The second-order valence-corrected chi connectivity index (χ2v) is 9.21. The number of halogens is 1. The highest BCUT2D eigenvalue weighted by Crippen LogP contribution is 2.20. The van der Waals surface area contributed by atoms with Crippen LogP contribution in [0.15, 0.2) is 36.4 Å². The SMILES string of the molecule is C=c1cc(C)c(C(=O)NCC(C)OC)c/c1=C/N(C)CC1CN(C(=O)c2ccc(Cl)cc2)C1. The minimum Gasteiger partial charge on any atom is -0.380 e. The number of likely N-dealkylation sites (tertiary alicyclic amines) is 1. The van der Waals surface area contributed by atoms with Crippen LogP contribution in [0.4, 0.5) is 0 Å². The highest BCUT2D eigenvalue weighted by molar-refractivity contribution is 6.30. The van der Waals surface area contributed by atoms with Crippen LogP contribution in [0, 0.1) is 12.8 Å². The van der Waals surface area contributed by atoms with Gasteiger partial charge in [0.05, 0.1) is 6.10 Å². The molecular weight excluding hydrogens is 438 g/mol. The van der Waals surface area contributed by atoms with E-state index >= 15 is 0 Å². The van der Waals surface area contributed by atoms with Crippen LogP contribution >= 0.6 is 11.6 Å². The molecule has 2 aromatic rings. The first-order valence-electron chi connectivity index (χ1n) is 11.1. The van der Waals surface area contributed by atoms with Crippen molar-refractivity contribution in [3.63, 3.8) is 0 Å². The number of aryl methyl sites for hydroxylation is 1. The van der Waals surface area contributed by atoms with Crippen molar-refractivity contribution >= 4 is 36.2 Å². The van der Waals surface area contributed by atoms with Gasteiger partial charge in [-0.1, -0.05) is 24.2 Å². The quantitative estimate of drug-likeness (QED) is 0.644. The maximum atomic E-state index is 12.6. The van der Waals surface area contributed by atoms with E-state index in [1.54, 1.807) is 31.4 Å². The van der Waals surface area contributed by atoms with Gasteiger partial charge in [-0.2, -0.15) is 0 Å². The lowest BCUT2D eigenvalue weighted by Gasteiger charge is -2.41. The van der Waals surface area contributed by atoms with Gasteiger partial charge in [-0.05, 0) is 60.2 Å². The number of ether oxygens (including phenoxy) is 1. The molecule has 1 unspecified atom stereocenters. The van der Waals surface area contributed by atoms with E-state index in [1.807, 2.05) is 44.1 Å². The lowest BCUT2D eigenvalue weighted by atomic mass is 9.98. The Bertz CT molecular complexity index is 1110. The van der Waals surface area contributed by atoms with Gasteiger partial charge < -0.3 is 19.9 Å². The van der Waals surface area contributed by atoms with Crippen molar-refractivity contribution in [2.75, 3.05) is 40.3 Å². The maximum absolute atomic E-state index is 12.6. The molecule has 0 aromatic heterocycles. The van der Waals surface area contributed by atoms with E-state index in [0.717, 1.165) is 35.6 Å². The summed E-state index contributed by atoms with van der Waals surface area (Å²) in [6.07, 6.45) is 1.96. The second-order valence-electron chi connectivity index (χ2n) is 8.77. The van der Waals surface area contributed by atoms with Gasteiger partial charge in [0.2, 0.25) is 0 Å². The number of carbonyl (C=O) groups excluding carboxylic acids is 2. The van der Waals surface area contributed by atoms with E-state index in [-0.39, 0.29) is 17.9 Å². The van der Waals surface area contributed by atoms with Crippen LogP contribution in [0.3, 0.4) is 0 Å². The van der Waals surface area contributed by atoms with Gasteiger partial charge >= 0.3 is 0 Å². The summed E-state index contributed by atoms with van der Waals surface area (Å²) in [6.45, 7) is 10.7. The largest absolute Gasteiger partial charge is 0.380 e. The number of methoxy groups -OCH3 is 1. The Hall–Kier alpha value is -2.83. The summed E-state index contributed by atoms with van der Waals surface area (Å²) in [7, 11) is 3.63. The van der Waals surface area contributed by atoms with Crippen LogP contribution in [-0.4, -0.2) is 68.1 Å². The summed E-state index contributed by atoms with van der Waals surface area (Å²) in [4.78, 5) is 29.2. The van der Waals surface area contributed by atoms with E-state index in [1.165, 1.54) is 0 Å². The van der Waals surface area contributed by atoms with E-state index in [4.69, 9.17) is 16.3 Å². The number of carbonyl (C=O) groups is 2. The van der Waals surface area contributed by atoms with E-state index < -0.39 is 0 Å². The third-order valence-corrected chi connectivity index (χ3v) is 6.18. The average Bonchev–Trinajstić information content (AvgIpc) is 2.75. The molecule has 6 nitrogen and oxygen atoms in total. The number of rotatable bonds is 8. The zero-order chi connectivity index (χ0) is 24.1. The van der Waals surface area contributed by atoms with Gasteiger partial charge in [0, 0.05) is 68.6 Å². The molecule has 1 aliphatic rings. The molecule has 3 rings (SSSR count). The Morgan fingerprint density at radius 1 is 1.30 bits per heavy atom. The molecule has 176 valence electrons. The van der Waals surface area contributed by atoms with Gasteiger partial charge in [0.25, 0.3) is 11.8 Å². The van der Waals surface area contributed by atoms with Crippen LogP contribution in [0.1, 0.15) is 33.2 Å². The molecule has 2 amide bonds. The third-order valence-electron chi connectivity index (χ3n) is 5.92. The molecule has 1 saturated heterocycles. The summed E-state index contributed by atoms with van der Waals surface area (Å²) in [5, 5.41) is 5.31. The van der Waals surface area contributed by atoms with E-state index in [0.29, 0.717) is 28.6 Å². The lowest BCUT2D eigenvalue weighted by Crippen LogP contribution is -2.53. The van der Waals surface area contributed by atoms with Crippen molar-refractivity contribution in [2.24, 2.45) is 5.92 Å². The lowest BCUT2D eigenvalue weighted by molar-refractivity contribution is 0.0468. The van der Waals surface area contributed by atoms with Crippen molar-refractivity contribution in [3.05, 3.63) is 68.5 Å². The molecule has 33 heavy (non-hydrogen) atoms. The van der Waals surface area contributed by atoms with Crippen LogP contribution in [-0.2, 0) is 4.74 Å². The van der Waals surface area contributed by atoms with E-state index in [9.17, 15) is 9.59 Å². The Morgan fingerprint density at radius 2 is 1.97 bits per heavy atom. The first kappa shape index (κ1) is 24.8. The number of hydrogen-bond donors (Lipinski definition) is 1.